The highest BCUT2D eigenvalue weighted by atomic mass is 32.1. The van der Waals surface area contributed by atoms with E-state index in [4.69, 9.17) is 4.74 Å². The van der Waals surface area contributed by atoms with Gasteiger partial charge in [0.2, 0.25) is 5.91 Å². The molecule has 1 radical (unpaired) electrons. The molecule has 1 fully saturated rings. The van der Waals surface area contributed by atoms with Crippen LogP contribution in [0.25, 0.3) is 0 Å². The summed E-state index contributed by atoms with van der Waals surface area (Å²) >= 11 is 1.55. The Bertz CT molecular complexity index is 1050. The van der Waals surface area contributed by atoms with Gasteiger partial charge in [-0.2, -0.15) is 11.3 Å². The third kappa shape index (κ3) is 6.25. The highest BCUT2D eigenvalue weighted by molar-refractivity contribution is 7.08. The third-order valence-electron chi connectivity index (χ3n) is 5.88. The molecule has 2 heterocycles. The summed E-state index contributed by atoms with van der Waals surface area (Å²) in [6.45, 7) is 5.12. The first-order valence-corrected chi connectivity index (χ1v) is 12.0. The van der Waals surface area contributed by atoms with Gasteiger partial charge in [-0.15, -0.1) is 0 Å². The molecular weight excluding hydrogens is 442 g/mol. The standard InChI is InChI=1S/C26H27F2N2O2S/c1-17-15-32-21(14-29-17)9-10-22-24(28)3-2-4-25(22)30-26(31)13-23(19-11-12-33-16-19)18-5-7-20(27)8-6-18/h2-8,11-12,16-17,21,23,29H,1,9-10,13-15H2,(H,30,31)/t17-,21+,23-/m0/s1. The Kier molecular flexibility index (Phi) is 7.85. The van der Waals surface area contributed by atoms with E-state index in [-0.39, 0.29) is 42.0 Å². The Morgan fingerprint density at radius 2 is 2.00 bits per heavy atom. The van der Waals surface area contributed by atoms with E-state index in [9.17, 15) is 13.6 Å². The summed E-state index contributed by atoms with van der Waals surface area (Å²) in [7, 11) is 0. The Labute approximate surface area is 197 Å². The summed E-state index contributed by atoms with van der Waals surface area (Å²) in [6, 6.07) is 13.0. The Morgan fingerprint density at radius 1 is 1.18 bits per heavy atom. The van der Waals surface area contributed by atoms with Gasteiger partial charge in [0.1, 0.15) is 11.6 Å². The minimum atomic E-state index is -0.348. The molecular formula is C26H27F2N2O2S. The van der Waals surface area contributed by atoms with Crippen molar-refractivity contribution in [1.29, 1.82) is 0 Å². The number of nitrogens with one attached hydrogen (secondary N) is 2. The molecule has 0 spiro atoms. The number of carbonyl (C=O) groups excluding carboxylic acids is 1. The number of benzene rings is 2. The average molecular weight is 470 g/mol. The van der Waals surface area contributed by atoms with Crippen molar-refractivity contribution < 1.29 is 18.3 Å². The second-order valence-corrected chi connectivity index (χ2v) is 9.06. The molecule has 1 aromatic heterocycles. The zero-order chi connectivity index (χ0) is 23.2. The fraction of sp³-hybridized carbons (Fsp3) is 0.308. The molecule has 4 nitrogen and oxygen atoms in total. The van der Waals surface area contributed by atoms with Crippen LogP contribution in [0.2, 0.25) is 0 Å². The van der Waals surface area contributed by atoms with Gasteiger partial charge >= 0.3 is 0 Å². The number of rotatable bonds is 8. The maximum absolute atomic E-state index is 14.7. The van der Waals surface area contributed by atoms with Gasteiger partial charge in [0, 0.05) is 36.2 Å². The number of ether oxygens (including phenoxy) is 1. The minimum absolute atomic E-state index is 0.0207. The summed E-state index contributed by atoms with van der Waals surface area (Å²) < 4.78 is 33.8. The highest BCUT2D eigenvalue weighted by Crippen LogP contribution is 2.31. The minimum Gasteiger partial charge on any atom is -0.375 e. The molecule has 0 saturated carbocycles. The lowest BCUT2D eigenvalue weighted by atomic mass is 9.90. The molecule has 1 aliphatic heterocycles. The van der Waals surface area contributed by atoms with Crippen molar-refractivity contribution in [2.24, 2.45) is 0 Å². The normalized spacial score (nSPS) is 19.2. The predicted molar refractivity (Wildman–Crippen MR) is 127 cm³/mol. The van der Waals surface area contributed by atoms with Gasteiger partial charge in [0.05, 0.1) is 12.7 Å². The van der Waals surface area contributed by atoms with Gasteiger partial charge in [-0.3, -0.25) is 4.79 Å². The number of halogens is 2. The van der Waals surface area contributed by atoms with Gasteiger partial charge in [-0.25, -0.2) is 8.78 Å². The molecule has 0 bridgehead atoms. The number of hydrogen-bond donors (Lipinski definition) is 2. The smallest absolute Gasteiger partial charge is 0.225 e. The van der Waals surface area contributed by atoms with Crippen molar-refractivity contribution in [2.75, 3.05) is 18.5 Å². The van der Waals surface area contributed by atoms with Gasteiger partial charge in [-0.1, -0.05) is 18.2 Å². The van der Waals surface area contributed by atoms with Crippen LogP contribution in [0.15, 0.2) is 59.3 Å². The number of amides is 1. The van der Waals surface area contributed by atoms with Gasteiger partial charge in [0.25, 0.3) is 0 Å². The topological polar surface area (TPSA) is 50.4 Å². The van der Waals surface area contributed by atoms with E-state index >= 15 is 0 Å². The van der Waals surface area contributed by atoms with Crippen molar-refractivity contribution in [3.05, 3.63) is 94.5 Å². The van der Waals surface area contributed by atoms with Crippen molar-refractivity contribution in [1.82, 2.24) is 5.32 Å². The lowest BCUT2D eigenvalue weighted by Crippen LogP contribution is -2.45. The molecule has 3 atom stereocenters. The number of thiophene rings is 1. The molecule has 33 heavy (non-hydrogen) atoms. The van der Waals surface area contributed by atoms with Crippen LogP contribution in [0.4, 0.5) is 14.5 Å². The van der Waals surface area contributed by atoms with E-state index in [1.54, 1.807) is 35.6 Å². The fourth-order valence-electron chi connectivity index (χ4n) is 4.07. The van der Waals surface area contributed by atoms with Crippen LogP contribution in [-0.4, -0.2) is 31.2 Å². The molecule has 1 saturated heterocycles. The maximum Gasteiger partial charge on any atom is 0.225 e. The number of carbonyl (C=O) groups is 1. The Morgan fingerprint density at radius 3 is 2.70 bits per heavy atom. The highest BCUT2D eigenvalue weighted by Gasteiger charge is 2.22. The predicted octanol–water partition coefficient (Wildman–Crippen LogP) is 5.31. The summed E-state index contributed by atoms with van der Waals surface area (Å²) in [4.78, 5) is 13.0. The lowest BCUT2D eigenvalue weighted by Gasteiger charge is -2.28. The van der Waals surface area contributed by atoms with Crippen molar-refractivity contribution in [3.63, 3.8) is 0 Å². The second-order valence-electron chi connectivity index (χ2n) is 8.28. The fourth-order valence-corrected chi connectivity index (χ4v) is 4.79. The summed E-state index contributed by atoms with van der Waals surface area (Å²) in [5.74, 6) is -1.11. The third-order valence-corrected chi connectivity index (χ3v) is 6.59. The monoisotopic (exact) mass is 469 g/mol. The quantitative estimate of drug-likeness (QED) is 0.470. The molecule has 1 aliphatic rings. The maximum atomic E-state index is 14.7. The van der Waals surface area contributed by atoms with E-state index in [0.717, 1.165) is 11.1 Å². The van der Waals surface area contributed by atoms with Gasteiger partial charge < -0.3 is 15.4 Å². The first-order chi connectivity index (χ1) is 16.0. The molecule has 3 aromatic rings. The first kappa shape index (κ1) is 23.5. The van der Waals surface area contributed by atoms with E-state index in [1.165, 1.54) is 18.2 Å². The van der Waals surface area contributed by atoms with E-state index in [2.05, 4.69) is 17.6 Å². The van der Waals surface area contributed by atoms with Crippen molar-refractivity contribution in [3.8, 4) is 0 Å². The van der Waals surface area contributed by atoms with Crippen LogP contribution in [0.5, 0.6) is 0 Å². The molecule has 1 amide bonds. The van der Waals surface area contributed by atoms with Gasteiger partial charge in [0.15, 0.2) is 0 Å². The molecule has 2 N–H and O–H groups in total. The number of anilines is 1. The largest absolute Gasteiger partial charge is 0.375 e. The van der Waals surface area contributed by atoms with Crippen LogP contribution in [0.1, 0.15) is 35.4 Å². The molecule has 0 unspecified atom stereocenters. The Balaban J connectivity index is 1.46. The van der Waals surface area contributed by atoms with Crippen LogP contribution in [0, 0.1) is 18.6 Å². The van der Waals surface area contributed by atoms with Crippen LogP contribution in [0.3, 0.4) is 0 Å². The second kappa shape index (κ2) is 11.0. The Hall–Kier alpha value is -2.61. The zero-order valence-electron chi connectivity index (χ0n) is 18.2. The van der Waals surface area contributed by atoms with Crippen molar-refractivity contribution in [2.45, 2.75) is 37.3 Å². The van der Waals surface area contributed by atoms with Crippen molar-refractivity contribution >= 4 is 22.9 Å². The first-order valence-electron chi connectivity index (χ1n) is 11.0. The summed E-state index contributed by atoms with van der Waals surface area (Å²) in [5.41, 5.74) is 2.80. The molecule has 0 aliphatic carbocycles. The van der Waals surface area contributed by atoms with E-state index in [0.29, 0.717) is 37.2 Å². The molecule has 2 aromatic carbocycles. The number of morpholine rings is 1. The average Bonchev–Trinajstić information content (AvgIpc) is 3.34. The van der Waals surface area contributed by atoms with Gasteiger partial charge in [-0.05, 0) is 72.0 Å². The van der Waals surface area contributed by atoms with Crippen LogP contribution >= 0.6 is 11.3 Å². The SMILES string of the molecule is [CH2][C@H]1CO[C@H](CCc2c(F)cccc2NC(=O)C[C@@H](c2ccc(F)cc2)c2ccsc2)CN1. The van der Waals surface area contributed by atoms with Crippen LogP contribution < -0.4 is 10.6 Å². The number of hydrogen-bond acceptors (Lipinski definition) is 4. The van der Waals surface area contributed by atoms with E-state index < -0.39 is 0 Å². The zero-order valence-corrected chi connectivity index (χ0v) is 19.0. The molecule has 4 rings (SSSR count). The van der Waals surface area contributed by atoms with E-state index in [1.807, 2.05) is 16.8 Å². The van der Waals surface area contributed by atoms with Crippen LogP contribution in [-0.2, 0) is 16.0 Å². The lowest BCUT2D eigenvalue weighted by molar-refractivity contribution is -0.116. The summed E-state index contributed by atoms with van der Waals surface area (Å²) in [6.07, 6.45) is 1.23. The molecule has 173 valence electrons. The summed E-state index contributed by atoms with van der Waals surface area (Å²) in [5, 5.41) is 10.1. The molecule has 7 heteroatoms.